The van der Waals surface area contributed by atoms with E-state index in [1.54, 1.807) is 5.06 Å². The van der Waals surface area contributed by atoms with Gasteiger partial charge in [0.05, 0.1) is 17.9 Å². The Hall–Kier alpha value is -2.16. The molecule has 1 fully saturated rings. The first-order chi connectivity index (χ1) is 8.49. The van der Waals surface area contributed by atoms with Crippen LogP contribution in [0.1, 0.15) is 12.8 Å². The van der Waals surface area contributed by atoms with Crippen molar-refractivity contribution < 1.29 is 4.84 Å². The fourth-order valence-electron chi connectivity index (χ4n) is 1.94. The highest BCUT2D eigenvalue weighted by Gasteiger charge is 2.21. The molecule has 3 nitrogen and oxygen atoms in total. The van der Waals surface area contributed by atoms with Gasteiger partial charge in [-0.3, -0.25) is 0 Å². The first-order valence-corrected chi connectivity index (χ1v) is 5.84. The summed E-state index contributed by atoms with van der Waals surface area (Å²) in [4.78, 5) is 5.68. The van der Waals surface area contributed by atoms with Gasteiger partial charge >= 0.3 is 0 Å². The predicted octanol–water partition coefficient (Wildman–Crippen LogP) is 1.88. The van der Waals surface area contributed by atoms with E-state index in [0.717, 1.165) is 34.9 Å². The largest absolute Gasteiger partial charge is 0.379 e. The van der Waals surface area contributed by atoms with Crippen LogP contribution in [0.4, 0.5) is 0 Å². The van der Waals surface area contributed by atoms with Crippen LogP contribution in [0.15, 0.2) is 49.0 Å². The molecule has 2 heterocycles. The Balaban J connectivity index is 2.06. The molecule has 1 aliphatic rings. The van der Waals surface area contributed by atoms with E-state index < -0.39 is 0 Å². The summed E-state index contributed by atoms with van der Waals surface area (Å²) in [7, 11) is 0. The van der Waals surface area contributed by atoms with E-state index in [9.17, 15) is 0 Å². The summed E-state index contributed by atoms with van der Waals surface area (Å²) in [6.07, 6.45) is 1.77. The maximum atomic E-state index is 5.68. The van der Waals surface area contributed by atoms with Crippen LogP contribution in [0.3, 0.4) is 0 Å². The lowest BCUT2D eigenvalue weighted by Crippen LogP contribution is -2.27. The van der Waals surface area contributed by atoms with E-state index in [2.05, 4.69) is 32.9 Å². The second-order valence-electron chi connectivity index (χ2n) is 4.46. The van der Waals surface area contributed by atoms with E-state index in [-0.39, 0.29) is 0 Å². The minimum atomic E-state index is 0.529. The van der Waals surface area contributed by atoms with Crippen LogP contribution in [0.25, 0.3) is 13.2 Å². The molecule has 0 saturated carbocycles. The first-order valence-electron chi connectivity index (χ1n) is 5.84. The third kappa shape index (κ3) is 2.25. The van der Waals surface area contributed by atoms with E-state index in [1.165, 1.54) is 0 Å². The van der Waals surface area contributed by atoms with Crippen molar-refractivity contribution in [2.45, 2.75) is 19.4 Å². The van der Waals surface area contributed by atoms with Crippen LogP contribution < -0.4 is 10.7 Å². The molecule has 0 bridgehead atoms. The van der Waals surface area contributed by atoms with Gasteiger partial charge < -0.3 is 9.40 Å². The van der Waals surface area contributed by atoms with Gasteiger partial charge in [-0.1, -0.05) is 32.9 Å². The minimum Gasteiger partial charge on any atom is -0.379 e. The second kappa shape index (κ2) is 4.61. The molecule has 1 saturated heterocycles. The summed E-state index contributed by atoms with van der Waals surface area (Å²) in [6.45, 7) is 20.2. The van der Waals surface area contributed by atoms with Crippen LogP contribution in [0, 0.1) is 0 Å². The number of nitrogens with zero attached hydrogens (tertiary/aromatic N) is 2. The van der Waals surface area contributed by atoms with Crippen molar-refractivity contribution in [3.8, 4) is 0 Å². The van der Waals surface area contributed by atoms with Crippen LogP contribution >= 0.6 is 0 Å². The van der Waals surface area contributed by atoms with Gasteiger partial charge in [0.25, 0.3) is 0 Å². The Kier molecular flexibility index (Phi) is 3.15. The first kappa shape index (κ1) is 12.3. The monoisotopic (exact) mass is 242 g/mol. The Morgan fingerprint density at radius 1 is 1.06 bits per heavy atom. The molecule has 1 aliphatic heterocycles. The summed E-state index contributed by atoms with van der Waals surface area (Å²) in [5, 5.41) is 3.45. The average Bonchev–Trinajstić information content (AvgIpc) is 2.79. The number of hydroxylamine groups is 2. The van der Waals surface area contributed by atoms with Gasteiger partial charge in [-0.25, -0.2) is 0 Å². The maximum Gasteiger partial charge on any atom is 0.145 e. The molecule has 1 aromatic rings. The van der Waals surface area contributed by atoms with Crippen molar-refractivity contribution in [1.29, 1.82) is 0 Å². The summed E-state index contributed by atoms with van der Waals surface area (Å²) < 4.78 is 1.95. The van der Waals surface area contributed by atoms with Gasteiger partial charge in [0.1, 0.15) is 5.76 Å². The number of hydrogen-bond donors (Lipinski definition) is 0. The predicted molar refractivity (Wildman–Crippen MR) is 74.3 cm³/mol. The van der Waals surface area contributed by atoms with Gasteiger partial charge in [0.15, 0.2) is 0 Å². The zero-order valence-electron chi connectivity index (χ0n) is 10.6. The molecule has 0 atom stereocenters. The summed E-state index contributed by atoms with van der Waals surface area (Å²) in [6, 6.07) is 3.84. The lowest BCUT2D eigenvalue weighted by molar-refractivity contribution is -0.0524. The average molecular weight is 242 g/mol. The van der Waals surface area contributed by atoms with E-state index in [0.29, 0.717) is 12.3 Å². The van der Waals surface area contributed by atoms with Crippen molar-refractivity contribution in [3.63, 3.8) is 0 Å². The van der Waals surface area contributed by atoms with Crippen LogP contribution in [-0.4, -0.2) is 9.63 Å². The number of aromatic nitrogens is 1. The topological polar surface area (TPSA) is 17.4 Å². The number of hydrogen-bond acceptors (Lipinski definition) is 2. The Morgan fingerprint density at radius 3 is 2.06 bits per heavy atom. The minimum absolute atomic E-state index is 0.529. The fourth-order valence-corrected chi connectivity index (χ4v) is 1.94. The van der Waals surface area contributed by atoms with Crippen molar-refractivity contribution in [3.05, 3.63) is 59.7 Å². The molecular formula is C15H18N2O. The molecule has 0 aliphatic carbocycles. The molecular weight excluding hydrogens is 224 g/mol. The second-order valence-corrected chi connectivity index (χ2v) is 4.46. The van der Waals surface area contributed by atoms with E-state index >= 15 is 0 Å². The Morgan fingerprint density at radius 2 is 1.56 bits per heavy atom. The van der Waals surface area contributed by atoms with Crippen molar-refractivity contribution in [1.82, 2.24) is 9.63 Å². The van der Waals surface area contributed by atoms with Crippen molar-refractivity contribution in [2.24, 2.45) is 0 Å². The van der Waals surface area contributed by atoms with Crippen LogP contribution in [0.5, 0.6) is 0 Å². The molecule has 1 aromatic heterocycles. The van der Waals surface area contributed by atoms with Crippen molar-refractivity contribution in [2.75, 3.05) is 0 Å². The van der Waals surface area contributed by atoms with Gasteiger partial charge in [0.2, 0.25) is 0 Å². The highest BCUT2D eigenvalue weighted by atomic mass is 16.7. The smallest absolute Gasteiger partial charge is 0.145 e. The van der Waals surface area contributed by atoms with Crippen LogP contribution in [0.2, 0.25) is 0 Å². The van der Waals surface area contributed by atoms with Gasteiger partial charge in [0, 0.05) is 10.7 Å². The third-order valence-corrected chi connectivity index (χ3v) is 2.99. The molecule has 0 radical (unpaired) electrons. The maximum absolute atomic E-state index is 5.68. The van der Waals surface area contributed by atoms with Gasteiger partial charge in [-0.15, -0.1) is 0 Å². The Bertz CT molecular complexity index is 565. The summed E-state index contributed by atoms with van der Waals surface area (Å²) >= 11 is 0. The molecule has 94 valence electrons. The lowest BCUT2D eigenvalue weighted by Gasteiger charge is -2.22. The fraction of sp³-hybridized carbons (Fsp3) is 0.200. The highest BCUT2D eigenvalue weighted by molar-refractivity contribution is 5.14. The third-order valence-electron chi connectivity index (χ3n) is 2.99. The van der Waals surface area contributed by atoms with Crippen LogP contribution in [-0.2, 0) is 11.4 Å². The molecule has 0 amide bonds. The van der Waals surface area contributed by atoms with E-state index in [4.69, 9.17) is 4.84 Å². The molecule has 0 aromatic carbocycles. The quantitative estimate of drug-likeness (QED) is 0.750. The summed E-state index contributed by atoms with van der Waals surface area (Å²) in [5.41, 5.74) is 1.83. The van der Waals surface area contributed by atoms with Gasteiger partial charge in [-0.2, -0.15) is 5.06 Å². The standard InChI is InChI=1S/C15H18N2O/c1-11-6-7-12(2)16(11)10-15(5)18-17-13(3)8-9-14(17)4/h6-7H,1-5,8-10H2. The molecule has 0 unspecified atom stereocenters. The molecule has 2 rings (SSSR count). The Labute approximate surface area is 107 Å². The SMILES string of the molecule is C=C(Cn1c(=C)ccc1=C)ON1C(=C)CCC1=C. The zero-order valence-corrected chi connectivity index (χ0v) is 10.6. The molecule has 18 heavy (non-hydrogen) atoms. The molecule has 3 heteroatoms. The lowest BCUT2D eigenvalue weighted by atomic mass is 10.3. The highest BCUT2D eigenvalue weighted by Crippen LogP contribution is 2.29. The van der Waals surface area contributed by atoms with E-state index in [1.807, 2.05) is 16.7 Å². The summed E-state index contributed by atoms with van der Waals surface area (Å²) in [5.74, 6) is 0.616. The molecule has 0 spiro atoms. The number of rotatable bonds is 4. The van der Waals surface area contributed by atoms with Crippen molar-refractivity contribution >= 4 is 13.2 Å². The van der Waals surface area contributed by atoms with Gasteiger partial charge in [-0.05, 0) is 25.0 Å². The number of allylic oxidation sites excluding steroid dienone is 3. The molecule has 0 N–H and O–H groups in total. The zero-order chi connectivity index (χ0) is 13.3. The normalized spacial score (nSPS) is 15.2.